The maximum atomic E-state index is 6.36. The Labute approximate surface area is 150 Å². The van der Waals surface area contributed by atoms with E-state index in [2.05, 4.69) is 25.0 Å². The van der Waals surface area contributed by atoms with E-state index >= 15 is 0 Å². The van der Waals surface area contributed by atoms with Crippen molar-refractivity contribution >= 4 is 11.6 Å². The number of rotatable bonds is 3. The largest absolute Gasteiger partial charge is 0.294 e. The molecule has 0 saturated heterocycles. The number of hydrogen-bond acceptors (Lipinski definition) is 6. The minimum absolute atomic E-state index is 0.680. The number of aryl methyl sites for hydroxylation is 2. The molecule has 0 N–H and O–H groups in total. The summed E-state index contributed by atoms with van der Waals surface area (Å²) in [6, 6.07) is 0. The van der Waals surface area contributed by atoms with Crippen molar-refractivity contribution in [2.24, 2.45) is 7.05 Å². The second-order valence-corrected chi connectivity index (χ2v) is 6.59. The van der Waals surface area contributed by atoms with E-state index in [0.29, 0.717) is 11.0 Å². The molecule has 3 aromatic rings. The molecule has 8 heteroatoms. The van der Waals surface area contributed by atoms with Gasteiger partial charge >= 0.3 is 0 Å². The molecule has 0 aliphatic carbocycles. The molecule has 1 aliphatic rings. The van der Waals surface area contributed by atoms with Gasteiger partial charge in [-0.25, -0.2) is 19.9 Å². The minimum atomic E-state index is 0.680. The van der Waals surface area contributed by atoms with Gasteiger partial charge in [0.25, 0.3) is 0 Å². The Hall–Kier alpha value is -2.38. The molecule has 0 amide bonds. The Morgan fingerprint density at radius 1 is 1.20 bits per heavy atom. The fourth-order valence-electron chi connectivity index (χ4n) is 3.14. The Bertz CT molecular complexity index is 907. The van der Waals surface area contributed by atoms with E-state index in [-0.39, 0.29) is 0 Å². The third kappa shape index (κ3) is 3.12. The third-order valence-corrected chi connectivity index (χ3v) is 4.96. The van der Waals surface area contributed by atoms with Crippen LogP contribution in [-0.2, 0) is 26.6 Å². The van der Waals surface area contributed by atoms with E-state index in [0.717, 1.165) is 54.1 Å². The van der Waals surface area contributed by atoms with Crippen LogP contribution in [0.1, 0.15) is 22.5 Å². The van der Waals surface area contributed by atoms with Gasteiger partial charge < -0.3 is 0 Å². The second-order valence-electron chi connectivity index (χ2n) is 6.23. The molecular formula is C17H18ClN7. The smallest absolute Gasteiger partial charge is 0.162 e. The lowest BCUT2D eigenvalue weighted by Gasteiger charge is -2.28. The molecule has 25 heavy (non-hydrogen) atoms. The zero-order valence-corrected chi connectivity index (χ0v) is 14.9. The SMILES string of the molecule is Cc1nn(C)c(Cl)c1CN1CCc2nc(-c3cncnc3)ncc2C1. The zero-order chi connectivity index (χ0) is 17.4. The fourth-order valence-corrected chi connectivity index (χ4v) is 3.37. The number of nitrogens with zero attached hydrogens (tertiary/aromatic N) is 7. The maximum absolute atomic E-state index is 6.36. The first kappa shape index (κ1) is 16.1. The highest BCUT2D eigenvalue weighted by atomic mass is 35.5. The van der Waals surface area contributed by atoms with Gasteiger partial charge in [0, 0.05) is 62.8 Å². The molecule has 128 valence electrons. The van der Waals surface area contributed by atoms with Crippen LogP contribution in [0.5, 0.6) is 0 Å². The number of fused-ring (bicyclic) bond motifs is 1. The second kappa shape index (κ2) is 6.50. The van der Waals surface area contributed by atoms with Gasteiger partial charge in [0.1, 0.15) is 11.5 Å². The number of halogens is 1. The van der Waals surface area contributed by atoms with Crippen molar-refractivity contribution in [3.05, 3.63) is 52.6 Å². The predicted molar refractivity (Wildman–Crippen MR) is 93.8 cm³/mol. The van der Waals surface area contributed by atoms with Crippen LogP contribution in [0.25, 0.3) is 11.4 Å². The van der Waals surface area contributed by atoms with Crippen LogP contribution in [0, 0.1) is 6.92 Å². The van der Waals surface area contributed by atoms with Gasteiger partial charge in [-0.15, -0.1) is 0 Å². The molecule has 0 saturated carbocycles. The van der Waals surface area contributed by atoms with Crippen molar-refractivity contribution in [2.45, 2.75) is 26.4 Å². The molecule has 0 bridgehead atoms. The molecule has 4 heterocycles. The average Bonchev–Trinajstić information content (AvgIpc) is 2.88. The lowest BCUT2D eigenvalue weighted by Crippen LogP contribution is -2.31. The van der Waals surface area contributed by atoms with Crippen molar-refractivity contribution in [3.63, 3.8) is 0 Å². The van der Waals surface area contributed by atoms with Crippen LogP contribution in [-0.4, -0.2) is 41.2 Å². The summed E-state index contributed by atoms with van der Waals surface area (Å²) < 4.78 is 1.72. The summed E-state index contributed by atoms with van der Waals surface area (Å²) >= 11 is 6.36. The molecule has 0 aromatic carbocycles. The van der Waals surface area contributed by atoms with Gasteiger partial charge in [-0.1, -0.05) is 11.6 Å². The number of aromatic nitrogens is 6. The van der Waals surface area contributed by atoms with Crippen molar-refractivity contribution < 1.29 is 0 Å². The van der Waals surface area contributed by atoms with Gasteiger partial charge in [-0.05, 0) is 6.92 Å². The van der Waals surface area contributed by atoms with Crippen LogP contribution in [0.2, 0.25) is 5.15 Å². The van der Waals surface area contributed by atoms with E-state index in [9.17, 15) is 0 Å². The van der Waals surface area contributed by atoms with Crippen LogP contribution >= 0.6 is 11.6 Å². The average molecular weight is 356 g/mol. The first-order valence-electron chi connectivity index (χ1n) is 8.12. The predicted octanol–water partition coefficient (Wildman–Crippen LogP) is 2.19. The van der Waals surface area contributed by atoms with Gasteiger partial charge in [0.05, 0.1) is 17.0 Å². The Morgan fingerprint density at radius 3 is 2.72 bits per heavy atom. The van der Waals surface area contributed by atoms with E-state index < -0.39 is 0 Å². The van der Waals surface area contributed by atoms with Gasteiger partial charge in [-0.3, -0.25) is 9.58 Å². The first-order chi connectivity index (χ1) is 12.1. The summed E-state index contributed by atoms with van der Waals surface area (Å²) in [7, 11) is 1.87. The summed E-state index contributed by atoms with van der Waals surface area (Å²) in [5, 5.41) is 5.09. The summed E-state index contributed by atoms with van der Waals surface area (Å²) in [6.45, 7) is 4.52. The van der Waals surface area contributed by atoms with Crippen molar-refractivity contribution in [1.29, 1.82) is 0 Å². The quantitative estimate of drug-likeness (QED) is 0.717. The molecule has 3 aromatic heterocycles. The molecule has 0 fully saturated rings. The zero-order valence-electron chi connectivity index (χ0n) is 14.1. The van der Waals surface area contributed by atoms with Crippen LogP contribution in [0.4, 0.5) is 0 Å². The molecule has 0 spiro atoms. The Kier molecular flexibility index (Phi) is 4.19. The Morgan fingerprint density at radius 2 is 2.00 bits per heavy atom. The standard InChI is InChI=1S/C17H18ClN7/c1-11-14(16(18)24(2)23-11)9-25-4-3-15-13(8-25)7-21-17(22-15)12-5-19-10-20-6-12/h5-7,10H,3-4,8-9H2,1-2H3. The summed E-state index contributed by atoms with van der Waals surface area (Å²) in [5.74, 6) is 0.680. The maximum Gasteiger partial charge on any atom is 0.162 e. The summed E-state index contributed by atoms with van der Waals surface area (Å²) in [5.41, 5.74) is 5.16. The Balaban J connectivity index is 1.54. The summed E-state index contributed by atoms with van der Waals surface area (Å²) in [6.07, 6.45) is 7.77. The lowest BCUT2D eigenvalue weighted by molar-refractivity contribution is 0.242. The fraction of sp³-hybridized carbons (Fsp3) is 0.353. The first-order valence-corrected chi connectivity index (χ1v) is 8.50. The molecule has 1 aliphatic heterocycles. The van der Waals surface area contributed by atoms with E-state index in [1.807, 2.05) is 20.2 Å². The van der Waals surface area contributed by atoms with E-state index in [1.54, 1.807) is 17.1 Å². The van der Waals surface area contributed by atoms with Gasteiger partial charge in [0.15, 0.2) is 5.82 Å². The van der Waals surface area contributed by atoms with Gasteiger partial charge in [0.2, 0.25) is 0 Å². The molecular weight excluding hydrogens is 338 g/mol. The summed E-state index contributed by atoms with van der Waals surface area (Å²) in [4.78, 5) is 19.6. The highest BCUT2D eigenvalue weighted by Gasteiger charge is 2.21. The minimum Gasteiger partial charge on any atom is -0.294 e. The van der Waals surface area contributed by atoms with Crippen LogP contribution in [0.3, 0.4) is 0 Å². The van der Waals surface area contributed by atoms with Gasteiger partial charge in [-0.2, -0.15) is 5.10 Å². The third-order valence-electron chi connectivity index (χ3n) is 4.48. The normalized spacial score (nSPS) is 14.5. The molecule has 0 unspecified atom stereocenters. The van der Waals surface area contributed by atoms with Crippen molar-refractivity contribution in [3.8, 4) is 11.4 Å². The molecule has 0 atom stereocenters. The van der Waals surface area contributed by atoms with Crippen LogP contribution < -0.4 is 0 Å². The lowest BCUT2D eigenvalue weighted by atomic mass is 10.1. The van der Waals surface area contributed by atoms with Crippen molar-refractivity contribution in [2.75, 3.05) is 6.54 Å². The van der Waals surface area contributed by atoms with Crippen LogP contribution in [0.15, 0.2) is 24.9 Å². The molecule has 4 rings (SSSR count). The highest BCUT2D eigenvalue weighted by Crippen LogP contribution is 2.25. The number of hydrogen-bond donors (Lipinski definition) is 0. The monoisotopic (exact) mass is 355 g/mol. The van der Waals surface area contributed by atoms with E-state index in [1.165, 1.54) is 6.33 Å². The molecule has 7 nitrogen and oxygen atoms in total. The topological polar surface area (TPSA) is 72.6 Å². The van der Waals surface area contributed by atoms with Crippen molar-refractivity contribution in [1.82, 2.24) is 34.6 Å². The molecule has 0 radical (unpaired) electrons. The van der Waals surface area contributed by atoms with E-state index in [4.69, 9.17) is 16.6 Å². The highest BCUT2D eigenvalue weighted by molar-refractivity contribution is 6.30.